The Labute approximate surface area is 115 Å². The smallest absolute Gasteiger partial charge is 0.222 e. The minimum Gasteiger partial charge on any atom is -0.309 e. The Hall–Kier alpha value is -2.82. The maximum absolute atomic E-state index is 11.1. The Morgan fingerprint density at radius 2 is 2.00 bits per heavy atom. The minimum absolute atomic E-state index is 0.165. The van der Waals surface area contributed by atoms with Crippen LogP contribution in [0.2, 0.25) is 0 Å². The predicted molar refractivity (Wildman–Crippen MR) is 77.1 cm³/mol. The van der Waals surface area contributed by atoms with Crippen molar-refractivity contribution in [3.63, 3.8) is 0 Å². The van der Waals surface area contributed by atoms with Gasteiger partial charge in [-0.25, -0.2) is 0 Å². The summed E-state index contributed by atoms with van der Waals surface area (Å²) in [4.78, 5) is 15.2. The lowest BCUT2D eigenvalue weighted by atomic mass is 10.1. The van der Waals surface area contributed by atoms with Crippen LogP contribution in [0.3, 0.4) is 0 Å². The van der Waals surface area contributed by atoms with Crippen LogP contribution in [-0.2, 0) is 4.79 Å². The molecule has 0 radical (unpaired) electrons. The molecule has 1 amide bonds. The summed E-state index contributed by atoms with van der Waals surface area (Å²) in [5, 5.41) is 11.6. The fraction of sp³-hybridized carbons (Fsp3) is 0.0667. The maximum Gasteiger partial charge on any atom is 0.222 e. The van der Waals surface area contributed by atoms with Gasteiger partial charge in [0.25, 0.3) is 0 Å². The third-order valence-electron chi connectivity index (χ3n) is 2.88. The monoisotopic (exact) mass is 264 g/mol. The standard InChI is InChI=1S/C15H12N4O/c1-10(20)17-15-8-13-7-11(4-5-14(13)18-19-15)12-3-2-6-16-9-12/h2-9H,1H3,(H,17,19,20). The first kappa shape index (κ1) is 12.2. The third-order valence-corrected chi connectivity index (χ3v) is 2.88. The molecule has 0 spiro atoms. The van der Waals surface area contributed by atoms with Crippen LogP contribution in [-0.4, -0.2) is 21.1 Å². The number of nitrogens with one attached hydrogen (secondary N) is 1. The van der Waals surface area contributed by atoms with Crippen molar-refractivity contribution in [2.75, 3.05) is 5.32 Å². The molecule has 5 nitrogen and oxygen atoms in total. The number of benzene rings is 1. The highest BCUT2D eigenvalue weighted by molar-refractivity contribution is 5.91. The molecular formula is C15H12N4O. The second-order valence-corrected chi connectivity index (χ2v) is 4.43. The van der Waals surface area contributed by atoms with Crippen LogP contribution in [0.5, 0.6) is 0 Å². The largest absolute Gasteiger partial charge is 0.309 e. The van der Waals surface area contributed by atoms with Gasteiger partial charge >= 0.3 is 0 Å². The van der Waals surface area contributed by atoms with Gasteiger partial charge in [-0.1, -0.05) is 12.1 Å². The van der Waals surface area contributed by atoms with E-state index in [0.29, 0.717) is 5.82 Å². The number of amides is 1. The molecule has 0 unspecified atom stereocenters. The molecule has 0 atom stereocenters. The molecule has 1 aromatic carbocycles. The van der Waals surface area contributed by atoms with Crippen LogP contribution in [0.15, 0.2) is 48.8 Å². The van der Waals surface area contributed by atoms with E-state index in [0.717, 1.165) is 22.0 Å². The first-order chi connectivity index (χ1) is 9.72. The summed E-state index contributed by atoms with van der Waals surface area (Å²) in [6.45, 7) is 1.44. The second kappa shape index (κ2) is 5.05. The Balaban J connectivity index is 2.07. The highest BCUT2D eigenvalue weighted by Gasteiger charge is 2.04. The van der Waals surface area contributed by atoms with Crippen molar-refractivity contribution in [3.05, 3.63) is 48.8 Å². The number of nitrogens with zero attached hydrogens (tertiary/aromatic N) is 3. The number of carbonyl (C=O) groups excluding carboxylic acids is 1. The van der Waals surface area contributed by atoms with Crippen LogP contribution in [0.4, 0.5) is 5.82 Å². The molecule has 5 heteroatoms. The maximum atomic E-state index is 11.1. The number of aromatic nitrogens is 3. The number of anilines is 1. The van der Waals surface area contributed by atoms with Gasteiger partial charge in [0.2, 0.25) is 5.91 Å². The lowest BCUT2D eigenvalue weighted by molar-refractivity contribution is -0.114. The van der Waals surface area contributed by atoms with Crippen LogP contribution in [0.25, 0.3) is 22.0 Å². The molecule has 0 fully saturated rings. The van der Waals surface area contributed by atoms with Gasteiger partial charge in [0, 0.05) is 30.3 Å². The molecule has 3 rings (SSSR count). The van der Waals surface area contributed by atoms with Gasteiger partial charge in [-0.2, -0.15) is 0 Å². The highest BCUT2D eigenvalue weighted by Crippen LogP contribution is 2.23. The number of fused-ring (bicyclic) bond motifs is 1. The number of pyridine rings is 1. The molecular weight excluding hydrogens is 252 g/mol. The fourth-order valence-electron chi connectivity index (χ4n) is 2.00. The van der Waals surface area contributed by atoms with E-state index in [2.05, 4.69) is 20.5 Å². The SMILES string of the molecule is CC(=O)Nc1cc2cc(-c3cccnc3)ccc2nn1. The Kier molecular flexibility index (Phi) is 3.09. The molecule has 20 heavy (non-hydrogen) atoms. The van der Waals surface area contributed by atoms with Gasteiger partial charge in [-0.3, -0.25) is 9.78 Å². The molecule has 0 saturated carbocycles. The average Bonchev–Trinajstić information content (AvgIpc) is 2.47. The van der Waals surface area contributed by atoms with Gasteiger partial charge < -0.3 is 5.32 Å². The summed E-state index contributed by atoms with van der Waals surface area (Å²) in [5.41, 5.74) is 2.87. The third kappa shape index (κ3) is 2.47. The number of carbonyl (C=O) groups is 1. The predicted octanol–water partition coefficient (Wildman–Crippen LogP) is 2.65. The van der Waals surface area contributed by atoms with Crippen molar-refractivity contribution < 1.29 is 4.79 Å². The average molecular weight is 264 g/mol. The summed E-state index contributed by atoms with van der Waals surface area (Å²) in [6, 6.07) is 11.6. The quantitative estimate of drug-likeness (QED) is 0.772. The first-order valence-corrected chi connectivity index (χ1v) is 6.18. The topological polar surface area (TPSA) is 67.8 Å². The number of hydrogen-bond acceptors (Lipinski definition) is 4. The Morgan fingerprint density at radius 3 is 2.75 bits per heavy atom. The molecule has 1 N–H and O–H groups in total. The lowest BCUT2D eigenvalue weighted by Crippen LogP contribution is -2.07. The molecule has 0 saturated heterocycles. The molecule has 0 aliphatic rings. The van der Waals surface area contributed by atoms with Crippen molar-refractivity contribution in [3.8, 4) is 11.1 Å². The van der Waals surface area contributed by atoms with Gasteiger partial charge in [0.15, 0.2) is 5.82 Å². The van der Waals surface area contributed by atoms with E-state index >= 15 is 0 Å². The summed E-state index contributed by atoms with van der Waals surface area (Å²) >= 11 is 0. The zero-order valence-corrected chi connectivity index (χ0v) is 10.9. The van der Waals surface area contributed by atoms with E-state index in [1.807, 2.05) is 42.6 Å². The van der Waals surface area contributed by atoms with Gasteiger partial charge in [-0.15, -0.1) is 10.2 Å². The van der Waals surface area contributed by atoms with Crippen molar-refractivity contribution >= 4 is 22.6 Å². The van der Waals surface area contributed by atoms with E-state index in [4.69, 9.17) is 0 Å². The first-order valence-electron chi connectivity index (χ1n) is 6.18. The zero-order valence-electron chi connectivity index (χ0n) is 10.9. The van der Waals surface area contributed by atoms with E-state index in [1.165, 1.54) is 6.92 Å². The van der Waals surface area contributed by atoms with Gasteiger partial charge in [0.05, 0.1) is 5.52 Å². The molecule has 0 aliphatic heterocycles. The molecule has 3 aromatic rings. The lowest BCUT2D eigenvalue weighted by Gasteiger charge is -2.05. The van der Waals surface area contributed by atoms with Gasteiger partial charge in [-0.05, 0) is 29.8 Å². The van der Waals surface area contributed by atoms with Crippen LogP contribution < -0.4 is 5.32 Å². The summed E-state index contributed by atoms with van der Waals surface area (Å²) in [5.74, 6) is 0.287. The van der Waals surface area contributed by atoms with Crippen molar-refractivity contribution in [2.45, 2.75) is 6.92 Å². The van der Waals surface area contributed by atoms with E-state index in [1.54, 1.807) is 6.20 Å². The highest BCUT2D eigenvalue weighted by atomic mass is 16.1. The fourth-order valence-corrected chi connectivity index (χ4v) is 2.00. The molecule has 0 bridgehead atoms. The normalized spacial score (nSPS) is 10.4. The van der Waals surface area contributed by atoms with E-state index in [9.17, 15) is 4.79 Å². The summed E-state index contributed by atoms with van der Waals surface area (Å²) in [6.07, 6.45) is 3.55. The number of hydrogen-bond donors (Lipinski definition) is 1. The Bertz CT molecular complexity index is 771. The molecule has 98 valence electrons. The van der Waals surface area contributed by atoms with E-state index < -0.39 is 0 Å². The summed E-state index contributed by atoms with van der Waals surface area (Å²) < 4.78 is 0. The Morgan fingerprint density at radius 1 is 1.10 bits per heavy atom. The van der Waals surface area contributed by atoms with Crippen LogP contribution in [0.1, 0.15) is 6.92 Å². The molecule has 0 aliphatic carbocycles. The zero-order chi connectivity index (χ0) is 13.9. The van der Waals surface area contributed by atoms with Crippen LogP contribution >= 0.6 is 0 Å². The summed E-state index contributed by atoms with van der Waals surface area (Å²) in [7, 11) is 0. The van der Waals surface area contributed by atoms with Crippen LogP contribution in [0, 0.1) is 0 Å². The van der Waals surface area contributed by atoms with Crippen molar-refractivity contribution in [2.24, 2.45) is 0 Å². The minimum atomic E-state index is -0.165. The van der Waals surface area contributed by atoms with Crippen molar-refractivity contribution in [1.82, 2.24) is 15.2 Å². The number of rotatable bonds is 2. The van der Waals surface area contributed by atoms with E-state index in [-0.39, 0.29) is 5.91 Å². The molecule has 2 aromatic heterocycles. The second-order valence-electron chi connectivity index (χ2n) is 4.43. The van der Waals surface area contributed by atoms with Gasteiger partial charge in [0.1, 0.15) is 0 Å². The van der Waals surface area contributed by atoms with Crippen molar-refractivity contribution in [1.29, 1.82) is 0 Å². The molecule has 2 heterocycles.